The number of aryl methyl sites for hydroxylation is 1. The summed E-state index contributed by atoms with van der Waals surface area (Å²) in [6.45, 7) is 3.01. The van der Waals surface area contributed by atoms with E-state index in [4.69, 9.17) is 26.7 Å². The molecule has 0 aliphatic carbocycles. The minimum absolute atomic E-state index is 0.165. The Labute approximate surface area is 195 Å². The number of phosphoric ester groups is 1. The average Bonchev–Trinajstić information content (AvgIpc) is 3.08. The summed E-state index contributed by atoms with van der Waals surface area (Å²) < 4.78 is 53.2. The summed E-state index contributed by atoms with van der Waals surface area (Å²) in [6, 6.07) is 0. The topological polar surface area (TPSA) is 256 Å². The molecule has 0 bridgehead atoms. The Morgan fingerprint density at radius 1 is 1.15 bits per heavy atom. The number of imidazole rings is 1. The summed E-state index contributed by atoms with van der Waals surface area (Å²) in [6.07, 6.45) is -1.60. The number of nitrogens with zero attached hydrogens (tertiary/aromatic N) is 3. The summed E-state index contributed by atoms with van der Waals surface area (Å²) in [5.41, 5.74) is -3.63. The van der Waals surface area contributed by atoms with E-state index in [1.807, 2.05) is 0 Å². The van der Waals surface area contributed by atoms with Crippen LogP contribution in [0.15, 0.2) is 6.33 Å². The van der Waals surface area contributed by atoms with Crippen molar-refractivity contribution < 1.29 is 61.4 Å². The maximum absolute atomic E-state index is 12.0. The number of hydrogen-bond donors (Lipinski definition) is 7. The van der Waals surface area contributed by atoms with Crippen molar-refractivity contribution in [1.29, 1.82) is 0 Å². The van der Waals surface area contributed by atoms with Crippen LogP contribution in [0.1, 0.15) is 25.9 Å². The first kappa shape index (κ1) is 27.6. The van der Waals surface area contributed by atoms with Crippen LogP contribution in [-0.4, -0.2) is 73.2 Å². The number of aromatic amines is 1. The van der Waals surface area contributed by atoms with Gasteiger partial charge in [0, 0.05) is 0 Å². The Kier molecular flexibility index (Phi) is 7.21. The van der Waals surface area contributed by atoms with Gasteiger partial charge in [0.1, 0.15) is 34.3 Å². The Morgan fingerprint density at radius 3 is 2.35 bits per heavy atom. The highest BCUT2D eigenvalue weighted by molar-refractivity contribution is 7.71. The van der Waals surface area contributed by atoms with Crippen molar-refractivity contribution >= 4 is 46.8 Å². The van der Waals surface area contributed by atoms with Crippen LogP contribution in [0.2, 0.25) is 0 Å². The zero-order valence-corrected chi connectivity index (χ0v) is 21.1. The van der Waals surface area contributed by atoms with Crippen molar-refractivity contribution in [2.24, 2.45) is 0 Å². The van der Waals surface area contributed by atoms with E-state index in [1.54, 1.807) is 6.92 Å². The van der Waals surface area contributed by atoms with Crippen LogP contribution in [0.5, 0.6) is 0 Å². The van der Waals surface area contributed by atoms with Gasteiger partial charge in [-0.05, 0) is 20.8 Å². The van der Waals surface area contributed by atoms with Crippen LogP contribution in [0.3, 0.4) is 0 Å². The Bertz CT molecular complexity index is 1300. The summed E-state index contributed by atoms with van der Waals surface area (Å²) >= 11 is 5.16. The number of fused-ring (bicyclic) bond motifs is 1. The van der Waals surface area contributed by atoms with Crippen LogP contribution in [0.4, 0.5) is 0 Å². The maximum atomic E-state index is 12.0. The number of hydrogen-bond acceptors (Lipinski definition) is 12. The van der Waals surface area contributed by atoms with Gasteiger partial charge in [0.25, 0.3) is 0 Å². The van der Waals surface area contributed by atoms with Crippen LogP contribution in [-0.2, 0) is 31.6 Å². The van der Waals surface area contributed by atoms with Crippen molar-refractivity contribution in [3.8, 4) is 0 Å². The third-order valence-corrected chi connectivity index (χ3v) is 9.14. The third kappa shape index (κ3) is 5.56. The molecule has 3 rings (SSSR count). The second-order valence-corrected chi connectivity index (χ2v) is 12.4. The average molecular weight is 566 g/mol. The van der Waals surface area contributed by atoms with E-state index < -0.39 is 53.6 Å². The molecule has 2 aromatic heterocycles. The van der Waals surface area contributed by atoms with E-state index in [9.17, 15) is 33.7 Å². The summed E-state index contributed by atoms with van der Waals surface area (Å²) in [7, 11) is -16.8. The molecule has 0 radical (unpaired) electrons. The lowest BCUT2D eigenvalue weighted by Gasteiger charge is -2.35. The van der Waals surface area contributed by atoms with Crippen LogP contribution in [0, 0.1) is 11.6 Å². The maximum Gasteiger partial charge on any atom is 0.490 e. The van der Waals surface area contributed by atoms with Gasteiger partial charge in [-0.1, -0.05) is 12.2 Å². The molecular weight excluding hydrogens is 545 g/mol. The quantitative estimate of drug-likeness (QED) is 0.170. The minimum atomic E-state index is -5.73. The van der Waals surface area contributed by atoms with Gasteiger partial charge in [0.15, 0.2) is 10.9 Å². The first-order chi connectivity index (χ1) is 15.3. The lowest BCUT2D eigenvalue weighted by Crippen LogP contribution is -2.54. The molecule has 6 atom stereocenters. The molecule has 1 fully saturated rings. The Balaban J connectivity index is 1.84. The fourth-order valence-electron chi connectivity index (χ4n) is 3.22. The number of ether oxygens (including phenoxy) is 1. The molecule has 34 heavy (non-hydrogen) atoms. The highest BCUT2D eigenvalue weighted by atomic mass is 32.1. The van der Waals surface area contributed by atoms with Gasteiger partial charge < -0.3 is 39.5 Å². The number of phosphoric acid groups is 3. The van der Waals surface area contributed by atoms with Crippen LogP contribution < -0.4 is 0 Å². The Morgan fingerprint density at radius 2 is 1.76 bits per heavy atom. The SMILES string of the molecule is Cc1nc(=S)c2ncn([C@@H]3O[C@H](COP(=O)(O)OP(=O)(O)OP(=O)(O)O)[C@@](C)(O)[C@@]3(C)O)c2[nH]1. The van der Waals surface area contributed by atoms with E-state index in [1.165, 1.54) is 17.8 Å². The van der Waals surface area contributed by atoms with Gasteiger partial charge in [0.05, 0.1) is 12.9 Å². The number of aromatic nitrogens is 4. The van der Waals surface area contributed by atoms with E-state index in [0.29, 0.717) is 11.5 Å². The number of aliphatic hydroxyl groups is 2. The lowest BCUT2D eigenvalue weighted by atomic mass is 9.83. The largest absolute Gasteiger partial charge is 0.490 e. The van der Waals surface area contributed by atoms with Crippen molar-refractivity contribution in [1.82, 2.24) is 19.5 Å². The molecule has 2 aromatic rings. The van der Waals surface area contributed by atoms with Gasteiger partial charge in [-0.2, -0.15) is 8.62 Å². The molecule has 0 amide bonds. The lowest BCUT2D eigenvalue weighted by molar-refractivity contribution is -0.134. The summed E-state index contributed by atoms with van der Waals surface area (Å²) in [5.74, 6) is 0.424. The smallest absolute Gasteiger partial charge is 0.384 e. The first-order valence-electron chi connectivity index (χ1n) is 9.08. The van der Waals surface area contributed by atoms with Crippen LogP contribution >= 0.6 is 35.7 Å². The monoisotopic (exact) mass is 566 g/mol. The Hall–Kier alpha value is -0.940. The fraction of sp³-hybridized carbons (Fsp3) is 0.615. The van der Waals surface area contributed by atoms with Gasteiger partial charge in [-0.25, -0.2) is 23.7 Å². The molecule has 21 heteroatoms. The predicted octanol–water partition coefficient (Wildman–Crippen LogP) is 0.540. The molecule has 0 aromatic carbocycles. The molecular formula is C13H21N4O13P3S. The molecule has 3 heterocycles. The highest BCUT2D eigenvalue weighted by Gasteiger charge is 2.62. The number of rotatable bonds is 8. The molecule has 2 unspecified atom stereocenters. The van der Waals surface area contributed by atoms with E-state index in [0.717, 1.165) is 6.92 Å². The van der Waals surface area contributed by atoms with Crippen molar-refractivity contribution in [2.75, 3.05) is 6.61 Å². The van der Waals surface area contributed by atoms with Crippen molar-refractivity contribution in [2.45, 2.75) is 44.3 Å². The molecule has 1 saturated heterocycles. The molecule has 7 N–H and O–H groups in total. The summed E-state index contributed by atoms with van der Waals surface area (Å²) in [4.78, 5) is 47.1. The van der Waals surface area contributed by atoms with Crippen molar-refractivity contribution in [3.05, 3.63) is 16.8 Å². The predicted molar refractivity (Wildman–Crippen MR) is 112 cm³/mol. The molecule has 0 saturated carbocycles. The molecule has 0 spiro atoms. The van der Waals surface area contributed by atoms with Gasteiger partial charge in [-0.3, -0.25) is 9.09 Å². The van der Waals surface area contributed by atoms with Crippen molar-refractivity contribution in [3.63, 3.8) is 0 Å². The number of H-pyrrole nitrogens is 1. The highest BCUT2D eigenvalue weighted by Crippen LogP contribution is 2.66. The van der Waals surface area contributed by atoms with Gasteiger partial charge >= 0.3 is 23.5 Å². The van der Waals surface area contributed by atoms with Gasteiger partial charge in [0.2, 0.25) is 0 Å². The third-order valence-electron chi connectivity index (χ3n) is 5.05. The molecule has 17 nitrogen and oxygen atoms in total. The zero-order chi connectivity index (χ0) is 25.9. The van der Waals surface area contributed by atoms with Crippen LogP contribution in [0.25, 0.3) is 11.2 Å². The second-order valence-electron chi connectivity index (χ2n) is 7.64. The molecule has 1 aliphatic heterocycles. The van der Waals surface area contributed by atoms with Gasteiger partial charge in [-0.15, -0.1) is 0 Å². The first-order valence-corrected chi connectivity index (χ1v) is 14.0. The van der Waals surface area contributed by atoms with E-state index >= 15 is 0 Å². The molecule has 192 valence electrons. The second kappa shape index (κ2) is 8.87. The minimum Gasteiger partial charge on any atom is -0.384 e. The number of nitrogens with one attached hydrogen (secondary N) is 1. The standard InChI is InChI=1S/C13H21N4O13P3S/c1-6-15-9-8(10(34)16-6)14-5-17(9)11-13(3,19)12(2,18)7(28-11)4-27-32(23,24)30-33(25,26)29-31(20,21)22/h5,7,11,18-19H,4H2,1-3H3,(H,23,24)(H,25,26)(H,15,16,34)(H2,20,21,22)/t7-,11-,12-,13+/m1/s1. The zero-order valence-electron chi connectivity index (χ0n) is 17.6. The van der Waals surface area contributed by atoms with E-state index in [-0.39, 0.29) is 10.2 Å². The van der Waals surface area contributed by atoms with E-state index in [2.05, 4.69) is 28.1 Å². The molecule has 1 aliphatic rings. The fourth-order valence-corrected chi connectivity index (χ4v) is 6.53. The normalized spacial score (nSPS) is 31.4. The summed E-state index contributed by atoms with van der Waals surface area (Å²) in [5, 5.41) is 22.0.